The first-order valence-electron chi connectivity index (χ1n) is 7.81. The first-order valence-corrected chi connectivity index (χ1v) is 7.81. The quantitative estimate of drug-likeness (QED) is 0.779. The van der Waals surface area contributed by atoms with Crippen molar-refractivity contribution in [1.82, 2.24) is 15.5 Å². The molecule has 8 heteroatoms. The Balaban J connectivity index is 1.69. The Morgan fingerprint density at radius 1 is 1.40 bits per heavy atom. The fourth-order valence-electron chi connectivity index (χ4n) is 2.68. The van der Waals surface area contributed by atoms with Gasteiger partial charge in [0.25, 0.3) is 11.5 Å². The van der Waals surface area contributed by atoms with Crippen LogP contribution in [0.5, 0.6) is 0 Å². The van der Waals surface area contributed by atoms with Gasteiger partial charge in [-0.1, -0.05) is 18.2 Å². The number of nitriles is 1. The Kier molecular flexibility index (Phi) is 4.23. The molecule has 128 valence electrons. The fourth-order valence-corrected chi connectivity index (χ4v) is 2.68. The number of rotatable bonds is 5. The van der Waals surface area contributed by atoms with Gasteiger partial charge in [-0.3, -0.25) is 9.59 Å². The van der Waals surface area contributed by atoms with E-state index in [0.717, 1.165) is 12.8 Å². The number of aromatic amines is 1. The molecule has 1 aromatic carbocycles. The van der Waals surface area contributed by atoms with E-state index in [1.54, 1.807) is 31.2 Å². The number of hydrogen-bond acceptors (Lipinski definition) is 6. The lowest BCUT2D eigenvalue weighted by Gasteiger charge is -2.22. The Labute approximate surface area is 142 Å². The van der Waals surface area contributed by atoms with Crippen molar-refractivity contribution in [2.45, 2.75) is 25.3 Å². The van der Waals surface area contributed by atoms with Crippen LogP contribution >= 0.6 is 0 Å². The molecule has 2 N–H and O–H groups in total. The summed E-state index contributed by atoms with van der Waals surface area (Å²) in [5.41, 5.74) is -1.45. The molecule has 0 aliphatic heterocycles. The van der Waals surface area contributed by atoms with Crippen molar-refractivity contribution in [3.63, 3.8) is 0 Å². The van der Waals surface area contributed by atoms with Gasteiger partial charge in [0, 0.05) is 5.39 Å². The molecule has 0 bridgehead atoms. The lowest BCUT2D eigenvalue weighted by atomic mass is 9.98. The van der Waals surface area contributed by atoms with Gasteiger partial charge in [0.2, 0.25) is 0 Å². The van der Waals surface area contributed by atoms with Crippen LogP contribution in [0.4, 0.5) is 0 Å². The lowest BCUT2D eigenvalue weighted by Crippen LogP contribution is -2.48. The van der Waals surface area contributed by atoms with Gasteiger partial charge in [0.15, 0.2) is 12.3 Å². The van der Waals surface area contributed by atoms with E-state index in [-0.39, 0.29) is 11.6 Å². The van der Waals surface area contributed by atoms with Crippen molar-refractivity contribution in [2.24, 2.45) is 5.92 Å². The van der Waals surface area contributed by atoms with Crippen molar-refractivity contribution in [1.29, 1.82) is 5.26 Å². The van der Waals surface area contributed by atoms with E-state index in [0.29, 0.717) is 10.8 Å². The summed E-state index contributed by atoms with van der Waals surface area (Å²) in [6, 6.07) is 8.57. The molecule has 1 aliphatic carbocycles. The Morgan fingerprint density at radius 2 is 2.08 bits per heavy atom. The van der Waals surface area contributed by atoms with Gasteiger partial charge in [0.1, 0.15) is 5.54 Å². The highest BCUT2D eigenvalue weighted by Gasteiger charge is 2.43. The van der Waals surface area contributed by atoms with Crippen molar-refractivity contribution in [3.8, 4) is 6.07 Å². The highest BCUT2D eigenvalue weighted by Crippen LogP contribution is 2.39. The third kappa shape index (κ3) is 3.35. The summed E-state index contributed by atoms with van der Waals surface area (Å²) >= 11 is 0. The van der Waals surface area contributed by atoms with Gasteiger partial charge in [-0.25, -0.2) is 9.89 Å². The molecule has 0 saturated heterocycles. The topological polar surface area (TPSA) is 125 Å². The molecule has 0 spiro atoms. The molecule has 1 heterocycles. The summed E-state index contributed by atoms with van der Waals surface area (Å²) < 4.78 is 4.98. The molecule has 8 nitrogen and oxygen atoms in total. The number of nitrogens with zero attached hydrogens (tertiary/aromatic N) is 2. The Bertz CT molecular complexity index is 942. The van der Waals surface area contributed by atoms with E-state index >= 15 is 0 Å². The summed E-state index contributed by atoms with van der Waals surface area (Å²) in [6.07, 6.45) is 1.77. The number of benzene rings is 1. The number of aromatic nitrogens is 2. The minimum atomic E-state index is -0.952. The second kappa shape index (κ2) is 6.36. The molecule has 0 unspecified atom stereocenters. The highest BCUT2D eigenvalue weighted by molar-refractivity contribution is 6.02. The van der Waals surface area contributed by atoms with Crippen LogP contribution in [0, 0.1) is 17.2 Å². The van der Waals surface area contributed by atoms with Crippen molar-refractivity contribution in [3.05, 3.63) is 40.3 Å². The molecular weight excluding hydrogens is 324 g/mol. The number of fused-ring (bicyclic) bond motifs is 1. The van der Waals surface area contributed by atoms with Gasteiger partial charge >= 0.3 is 5.97 Å². The van der Waals surface area contributed by atoms with Crippen LogP contribution < -0.4 is 10.9 Å². The average Bonchev–Trinajstić information content (AvgIpc) is 3.46. The first-order chi connectivity index (χ1) is 11.9. The second-order valence-corrected chi connectivity index (χ2v) is 6.16. The van der Waals surface area contributed by atoms with Gasteiger partial charge in [-0.05, 0) is 31.7 Å². The van der Waals surface area contributed by atoms with Crippen LogP contribution in [-0.2, 0) is 9.53 Å². The standard InChI is InChI=1S/C17H16N4O4/c1-17(9-18,10-6-7-10)19-13(22)8-25-16(24)14-11-4-2-3-5-12(11)15(23)21-20-14/h2-5,10H,6-8H2,1H3,(H,19,22)(H,21,23)/t17-/m1/s1. The first kappa shape index (κ1) is 16.6. The molecule has 0 radical (unpaired) electrons. The van der Waals surface area contributed by atoms with E-state index in [1.807, 2.05) is 0 Å². The van der Waals surface area contributed by atoms with Gasteiger partial charge in [-0.2, -0.15) is 10.4 Å². The number of carbonyl (C=O) groups excluding carboxylic acids is 2. The number of ether oxygens (including phenoxy) is 1. The van der Waals surface area contributed by atoms with Crippen LogP contribution in [0.25, 0.3) is 10.8 Å². The SMILES string of the molecule is C[C@](C#N)(NC(=O)COC(=O)c1n[nH]c(=O)c2ccccc12)C1CC1. The number of hydrogen-bond donors (Lipinski definition) is 2. The van der Waals surface area contributed by atoms with E-state index in [1.165, 1.54) is 0 Å². The minimum absolute atomic E-state index is 0.0757. The van der Waals surface area contributed by atoms with Crippen LogP contribution in [0.2, 0.25) is 0 Å². The summed E-state index contributed by atoms with van der Waals surface area (Å²) in [5.74, 6) is -1.26. The number of carbonyl (C=O) groups is 2. The molecule has 1 fully saturated rings. The minimum Gasteiger partial charge on any atom is -0.451 e. The number of esters is 1. The smallest absolute Gasteiger partial charge is 0.359 e. The molecule has 3 rings (SSSR count). The zero-order valence-electron chi connectivity index (χ0n) is 13.5. The maximum atomic E-state index is 12.2. The van der Waals surface area contributed by atoms with E-state index < -0.39 is 29.6 Å². The predicted molar refractivity (Wildman–Crippen MR) is 87.5 cm³/mol. The van der Waals surface area contributed by atoms with Crippen LogP contribution in [0.3, 0.4) is 0 Å². The van der Waals surface area contributed by atoms with E-state index in [2.05, 4.69) is 21.6 Å². The molecule has 1 aromatic heterocycles. The molecule has 2 aromatic rings. The van der Waals surface area contributed by atoms with Gasteiger partial charge < -0.3 is 10.1 Å². The van der Waals surface area contributed by atoms with E-state index in [4.69, 9.17) is 4.74 Å². The predicted octanol–water partition coefficient (Wildman–Crippen LogP) is 0.888. The lowest BCUT2D eigenvalue weighted by molar-refractivity contribution is -0.125. The average molecular weight is 340 g/mol. The van der Waals surface area contributed by atoms with Crippen molar-refractivity contribution in [2.75, 3.05) is 6.61 Å². The van der Waals surface area contributed by atoms with Gasteiger partial charge in [0.05, 0.1) is 11.5 Å². The third-order valence-corrected chi connectivity index (χ3v) is 4.25. The maximum absolute atomic E-state index is 12.2. The zero-order chi connectivity index (χ0) is 18.0. The van der Waals surface area contributed by atoms with Gasteiger partial charge in [-0.15, -0.1) is 0 Å². The van der Waals surface area contributed by atoms with Crippen LogP contribution in [-0.4, -0.2) is 34.2 Å². The Morgan fingerprint density at radius 3 is 2.72 bits per heavy atom. The summed E-state index contributed by atoms with van der Waals surface area (Å²) in [6.45, 7) is 1.12. The largest absolute Gasteiger partial charge is 0.451 e. The number of H-pyrrole nitrogens is 1. The van der Waals surface area contributed by atoms with E-state index in [9.17, 15) is 19.6 Å². The zero-order valence-corrected chi connectivity index (χ0v) is 13.5. The highest BCUT2D eigenvalue weighted by atomic mass is 16.5. The molecule has 1 amide bonds. The van der Waals surface area contributed by atoms with Crippen LogP contribution in [0.1, 0.15) is 30.3 Å². The van der Waals surface area contributed by atoms with Crippen molar-refractivity contribution < 1.29 is 14.3 Å². The number of amides is 1. The normalized spacial score (nSPS) is 15.8. The molecule has 25 heavy (non-hydrogen) atoms. The maximum Gasteiger partial charge on any atom is 0.359 e. The molecule has 1 saturated carbocycles. The number of nitrogens with one attached hydrogen (secondary N) is 2. The second-order valence-electron chi connectivity index (χ2n) is 6.16. The molecule has 1 atom stereocenters. The molecular formula is C17H16N4O4. The Hall–Kier alpha value is -3.21. The summed E-state index contributed by atoms with van der Waals surface area (Å²) in [7, 11) is 0. The molecule has 1 aliphatic rings. The summed E-state index contributed by atoms with van der Waals surface area (Å²) in [4.78, 5) is 35.9. The third-order valence-electron chi connectivity index (χ3n) is 4.25. The monoisotopic (exact) mass is 340 g/mol. The van der Waals surface area contributed by atoms with Crippen LogP contribution in [0.15, 0.2) is 29.1 Å². The fraction of sp³-hybridized carbons (Fsp3) is 0.353. The van der Waals surface area contributed by atoms with Crippen molar-refractivity contribution >= 4 is 22.6 Å². The summed E-state index contributed by atoms with van der Waals surface area (Å²) in [5, 5.41) is 18.4.